The Morgan fingerprint density at radius 1 is 1.12 bits per heavy atom. The van der Waals surface area contributed by atoms with E-state index in [4.69, 9.17) is 0 Å². The SMILES string of the molecule is CCC1(CC)CC1C(=O)N1CCC(n2cc(C3CCCCC3)nn2)CC1. The van der Waals surface area contributed by atoms with E-state index in [0.29, 0.717) is 29.2 Å². The van der Waals surface area contributed by atoms with Crippen LogP contribution in [0.3, 0.4) is 0 Å². The molecule has 5 nitrogen and oxygen atoms in total. The van der Waals surface area contributed by atoms with Gasteiger partial charge in [-0.1, -0.05) is 38.3 Å². The van der Waals surface area contributed by atoms with Gasteiger partial charge in [-0.25, -0.2) is 4.68 Å². The van der Waals surface area contributed by atoms with Crippen LogP contribution in [0.2, 0.25) is 0 Å². The van der Waals surface area contributed by atoms with Gasteiger partial charge in [0.2, 0.25) is 5.91 Å². The maximum Gasteiger partial charge on any atom is 0.226 e. The standard InChI is InChI=1S/C21H34N4O/c1-3-21(4-2)14-18(21)20(26)24-12-10-17(11-13-24)25-15-19(22-23-25)16-8-6-5-7-9-16/h15-18H,3-14H2,1-2H3. The van der Waals surface area contributed by atoms with Crippen molar-refractivity contribution >= 4 is 5.91 Å². The molecule has 144 valence electrons. The molecule has 0 bridgehead atoms. The normalized spacial score (nSPS) is 26.8. The van der Waals surface area contributed by atoms with Crippen LogP contribution < -0.4 is 0 Å². The Balaban J connectivity index is 1.31. The second-order valence-electron chi connectivity index (χ2n) is 8.84. The Labute approximate surface area is 157 Å². The first kappa shape index (κ1) is 18.0. The van der Waals surface area contributed by atoms with E-state index in [0.717, 1.165) is 45.2 Å². The van der Waals surface area contributed by atoms with Gasteiger partial charge in [0.15, 0.2) is 0 Å². The molecule has 3 fully saturated rings. The zero-order valence-corrected chi connectivity index (χ0v) is 16.5. The lowest BCUT2D eigenvalue weighted by atomic mass is 9.87. The summed E-state index contributed by atoms with van der Waals surface area (Å²) in [7, 11) is 0. The summed E-state index contributed by atoms with van der Waals surface area (Å²) >= 11 is 0. The van der Waals surface area contributed by atoms with E-state index in [1.807, 2.05) is 0 Å². The number of hydrogen-bond acceptors (Lipinski definition) is 3. The van der Waals surface area contributed by atoms with Crippen LogP contribution >= 0.6 is 0 Å². The minimum atomic E-state index is 0.290. The Kier molecular flexibility index (Phi) is 5.07. The molecule has 4 rings (SSSR count). The van der Waals surface area contributed by atoms with E-state index >= 15 is 0 Å². The summed E-state index contributed by atoms with van der Waals surface area (Å²) in [6, 6.07) is 0.408. The Morgan fingerprint density at radius 3 is 2.42 bits per heavy atom. The van der Waals surface area contributed by atoms with Crippen molar-refractivity contribution in [2.75, 3.05) is 13.1 Å². The third-order valence-corrected chi connectivity index (χ3v) is 7.60. The monoisotopic (exact) mass is 358 g/mol. The van der Waals surface area contributed by atoms with Crippen LogP contribution in [0.1, 0.15) is 95.7 Å². The second kappa shape index (κ2) is 7.32. The largest absolute Gasteiger partial charge is 0.342 e. The van der Waals surface area contributed by atoms with Crippen LogP contribution in [0.25, 0.3) is 0 Å². The molecule has 3 aliphatic rings. The lowest BCUT2D eigenvalue weighted by Crippen LogP contribution is -2.40. The predicted octanol–water partition coefficient (Wildman–Crippen LogP) is 4.32. The molecule has 0 radical (unpaired) electrons. The van der Waals surface area contributed by atoms with Gasteiger partial charge >= 0.3 is 0 Å². The van der Waals surface area contributed by atoms with Crippen molar-refractivity contribution in [3.63, 3.8) is 0 Å². The summed E-state index contributed by atoms with van der Waals surface area (Å²) in [5.74, 6) is 1.32. The number of likely N-dealkylation sites (tertiary alicyclic amines) is 1. The van der Waals surface area contributed by atoms with Crippen molar-refractivity contribution < 1.29 is 4.79 Å². The highest BCUT2D eigenvalue weighted by atomic mass is 16.2. The van der Waals surface area contributed by atoms with Crippen molar-refractivity contribution in [2.24, 2.45) is 11.3 Å². The molecule has 1 aromatic rings. The van der Waals surface area contributed by atoms with Crippen LogP contribution in [0.15, 0.2) is 6.20 Å². The second-order valence-corrected chi connectivity index (χ2v) is 8.84. The maximum absolute atomic E-state index is 12.8. The third kappa shape index (κ3) is 3.29. The first-order chi connectivity index (χ1) is 12.7. The molecule has 26 heavy (non-hydrogen) atoms. The summed E-state index contributed by atoms with van der Waals surface area (Å²) < 4.78 is 2.09. The van der Waals surface area contributed by atoms with Gasteiger partial charge in [-0.2, -0.15) is 0 Å². The molecule has 1 unspecified atom stereocenters. The van der Waals surface area contributed by atoms with Gasteiger partial charge in [-0.05, 0) is 50.4 Å². The summed E-state index contributed by atoms with van der Waals surface area (Å²) in [6.07, 6.45) is 14.2. The molecule has 1 aliphatic heterocycles. The van der Waals surface area contributed by atoms with Gasteiger partial charge in [0.25, 0.3) is 0 Å². The Hall–Kier alpha value is -1.39. The van der Waals surface area contributed by atoms with E-state index in [1.165, 1.54) is 37.8 Å². The number of nitrogens with zero attached hydrogens (tertiary/aromatic N) is 4. The first-order valence-corrected chi connectivity index (χ1v) is 10.9. The average molecular weight is 359 g/mol. The number of carbonyl (C=O) groups excluding carboxylic acids is 1. The fraction of sp³-hybridized carbons (Fsp3) is 0.857. The lowest BCUT2D eigenvalue weighted by Gasteiger charge is -2.32. The van der Waals surface area contributed by atoms with Crippen LogP contribution in [-0.4, -0.2) is 38.9 Å². The fourth-order valence-corrected chi connectivity index (χ4v) is 5.35. The van der Waals surface area contributed by atoms with Crippen molar-refractivity contribution in [3.05, 3.63) is 11.9 Å². The Morgan fingerprint density at radius 2 is 1.81 bits per heavy atom. The molecule has 0 N–H and O–H groups in total. The van der Waals surface area contributed by atoms with Gasteiger partial charge in [-0.3, -0.25) is 4.79 Å². The summed E-state index contributed by atoms with van der Waals surface area (Å²) in [4.78, 5) is 15.0. The summed E-state index contributed by atoms with van der Waals surface area (Å²) in [6.45, 7) is 6.22. The fourth-order valence-electron chi connectivity index (χ4n) is 5.35. The number of amides is 1. The van der Waals surface area contributed by atoms with Gasteiger partial charge in [0.05, 0.1) is 11.7 Å². The first-order valence-electron chi connectivity index (χ1n) is 10.9. The molecule has 1 saturated heterocycles. The number of piperidine rings is 1. The molecule has 5 heteroatoms. The minimum absolute atomic E-state index is 0.290. The molecule has 2 heterocycles. The van der Waals surface area contributed by atoms with Crippen LogP contribution in [0.5, 0.6) is 0 Å². The number of hydrogen-bond donors (Lipinski definition) is 0. The van der Waals surface area contributed by atoms with Crippen molar-refractivity contribution in [3.8, 4) is 0 Å². The van der Waals surface area contributed by atoms with Gasteiger partial charge < -0.3 is 4.90 Å². The highest BCUT2D eigenvalue weighted by Gasteiger charge is 2.56. The molecule has 2 saturated carbocycles. The van der Waals surface area contributed by atoms with Crippen LogP contribution in [0, 0.1) is 11.3 Å². The minimum Gasteiger partial charge on any atom is -0.342 e. The van der Waals surface area contributed by atoms with Crippen molar-refractivity contribution in [2.45, 2.75) is 90.0 Å². The van der Waals surface area contributed by atoms with E-state index in [-0.39, 0.29) is 0 Å². The van der Waals surface area contributed by atoms with Gasteiger partial charge in [0.1, 0.15) is 0 Å². The van der Waals surface area contributed by atoms with Crippen LogP contribution in [-0.2, 0) is 4.79 Å². The van der Waals surface area contributed by atoms with Crippen molar-refractivity contribution in [1.29, 1.82) is 0 Å². The molecule has 1 amide bonds. The van der Waals surface area contributed by atoms with Gasteiger partial charge in [-0.15, -0.1) is 5.10 Å². The molecular weight excluding hydrogens is 324 g/mol. The lowest BCUT2D eigenvalue weighted by molar-refractivity contribution is -0.134. The van der Waals surface area contributed by atoms with Crippen molar-refractivity contribution in [1.82, 2.24) is 19.9 Å². The van der Waals surface area contributed by atoms with Gasteiger partial charge in [0, 0.05) is 31.1 Å². The summed E-state index contributed by atoms with van der Waals surface area (Å²) in [5.41, 5.74) is 1.51. The molecular formula is C21H34N4O. The molecule has 0 spiro atoms. The molecule has 0 aromatic carbocycles. The topological polar surface area (TPSA) is 51.0 Å². The zero-order chi connectivity index (χ0) is 18.1. The number of rotatable bonds is 5. The zero-order valence-electron chi connectivity index (χ0n) is 16.5. The van der Waals surface area contributed by atoms with E-state index in [2.05, 4.69) is 39.9 Å². The predicted molar refractivity (Wildman–Crippen MR) is 102 cm³/mol. The highest BCUT2D eigenvalue weighted by molar-refractivity contribution is 5.82. The number of aromatic nitrogens is 3. The molecule has 1 atom stereocenters. The maximum atomic E-state index is 12.8. The summed E-state index contributed by atoms with van der Waals surface area (Å²) in [5, 5.41) is 8.93. The van der Waals surface area contributed by atoms with E-state index in [1.54, 1.807) is 0 Å². The van der Waals surface area contributed by atoms with E-state index < -0.39 is 0 Å². The highest BCUT2D eigenvalue weighted by Crippen LogP contribution is 2.58. The Bertz CT molecular complexity index is 622. The van der Waals surface area contributed by atoms with E-state index in [9.17, 15) is 4.79 Å². The third-order valence-electron chi connectivity index (χ3n) is 7.60. The van der Waals surface area contributed by atoms with Crippen LogP contribution in [0.4, 0.5) is 0 Å². The average Bonchev–Trinajstić information content (AvgIpc) is 3.24. The smallest absolute Gasteiger partial charge is 0.226 e. The quantitative estimate of drug-likeness (QED) is 0.788. The molecule has 2 aliphatic carbocycles. The molecule has 1 aromatic heterocycles. The number of carbonyl (C=O) groups is 1.